The lowest BCUT2D eigenvalue weighted by molar-refractivity contribution is -0.127. The van der Waals surface area contributed by atoms with Crippen LogP contribution in [0.2, 0.25) is 0 Å². The summed E-state index contributed by atoms with van der Waals surface area (Å²) >= 11 is 3.45. The van der Waals surface area contributed by atoms with Gasteiger partial charge in [-0.05, 0) is 30.2 Å². The number of halogens is 1. The molecule has 2 heterocycles. The average Bonchev–Trinajstić information content (AvgIpc) is 2.93. The minimum Gasteiger partial charge on any atom is -0.345 e. The Hall–Kier alpha value is -1.36. The van der Waals surface area contributed by atoms with Gasteiger partial charge >= 0.3 is 0 Å². The predicted octanol–water partition coefficient (Wildman–Crippen LogP) is 1.82. The topological polar surface area (TPSA) is 40.6 Å². The van der Waals surface area contributed by atoms with E-state index in [0.29, 0.717) is 13.0 Å². The summed E-state index contributed by atoms with van der Waals surface area (Å²) in [5, 5.41) is 0. The third kappa shape index (κ3) is 2.16. The second-order valence-corrected chi connectivity index (χ2v) is 6.10. The van der Waals surface area contributed by atoms with Crippen LogP contribution in [0.4, 0.5) is 5.69 Å². The molecule has 2 amide bonds. The monoisotopic (exact) mass is 322 g/mol. The van der Waals surface area contributed by atoms with Crippen LogP contribution < -0.4 is 4.90 Å². The lowest BCUT2D eigenvalue weighted by Crippen LogP contribution is -2.35. The molecular formula is C14H15BrN2O2. The van der Waals surface area contributed by atoms with E-state index in [2.05, 4.69) is 22.0 Å². The van der Waals surface area contributed by atoms with Crippen molar-refractivity contribution >= 4 is 33.4 Å². The third-order valence-corrected chi connectivity index (χ3v) is 4.39. The molecule has 1 saturated heterocycles. The van der Waals surface area contributed by atoms with E-state index >= 15 is 0 Å². The van der Waals surface area contributed by atoms with Gasteiger partial charge in [-0.2, -0.15) is 0 Å². The zero-order chi connectivity index (χ0) is 13.6. The van der Waals surface area contributed by atoms with Crippen LogP contribution in [0.1, 0.15) is 12.0 Å². The summed E-state index contributed by atoms with van der Waals surface area (Å²) in [5.41, 5.74) is 2.19. The number of fused-ring (bicyclic) bond motifs is 1. The van der Waals surface area contributed by atoms with E-state index in [1.807, 2.05) is 17.0 Å². The second-order valence-electron chi connectivity index (χ2n) is 5.19. The predicted molar refractivity (Wildman–Crippen MR) is 75.9 cm³/mol. The molecule has 1 aromatic rings. The fraction of sp³-hybridized carbons (Fsp3) is 0.429. The number of hydrogen-bond acceptors (Lipinski definition) is 2. The SMILES string of the molecule is CN1CC(C(=O)N2CCc3cc(Br)ccc32)CC1=O. The summed E-state index contributed by atoms with van der Waals surface area (Å²) in [6.45, 7) is 1.26. The fourth-order valence-corrected chi connectivity index (χ4v) is 3.26. The Bertz CT molecular complexity index is 558. The molecule has 100 valence electrons. The van der Waals surface area contributed by atoms with Crippen LogP contribution in [0.5, 0.6) is 0 Å². The van der Waals surface area contributed by atoms with Crippen molar-refractivity contribution in [1.29, 1.82) is 0 Å². The van der Waals surface area contributed by atoms with E-state index in [-0.39, 0.29) is 17.7 Å². The maximum Gasteiger partial charge on any atom is 0.232 e. The molecule has 0 saturated carbocycles. The molecule has 4 nitrogen and oxygen atoms in total. The highest BCUT2D eigenvalue weighted by Crippen LogP contribution is 2.32. The first-order valence-corrected chi connectivity index (χ1v) is 7.19. The van der Waals surface area contributed by atoms with E-state index in [1.165, 1.54) is 5.56 Å². The van der Waals surface area contributed by atoms with Crippen LogP contribution in [-0.4, -0.2) is 36.9 Å². The molecule has 1 fully saturated rings. The Balaban J connectivity index is 1.82. The van der Waals surface area contributed by atoms with Gasteiger partial charge in [0.05, 0.1) is 5.92 Å². The molecule has 1 unspecified atom stereocenters. The van der Waals surface area contributed by atoms with Crippen LogP contribution >= 0.6 is 15.9 Å². The quantitative estimate of drug-likeness (QED) is 0.791. The Morgan fingerprint density at radius 2 is 2.21 bits per heavy atom. The molecule has 0 aromatic heterocycles. The number of carbonyl (C=O) groups is 2. The van der Waals surface area contributed by atoms with Crippen molar-refractivity contribution in [1.82, 2.24) is 4.90 Å². The maximum absolute atomic E-state index is 12.5. The largest absolute Gasteiger partial charge is 0.345 e. The highest BCUT2D eigenvalue weighted by Gasteiger charge is 2.37. The van der Waals surface area contributed by atoms with Crippen LogP contribution in [0.3, 0.4) is 0 Å². The first-order valence-electron chi connectivity index (χ1n) is 6.40. The van der Waals surface area contributed by atoms with Gasteiger partial charge in [0.1, 0.15) is 0 Å². The molecule has 0 N–H and O–H groups in total. The van der Waals surface area contributed by atoms with Crippen LogP contribution in [0, 0.1) is 5.92 Å². The van der Waals surface area contributed by atoms with Crippen LogP contribution in [-0.2, 0) is 16.0 Å². The number of benzene rings is 1. The summed E-state index contributed by atoms with van der Waals surface area (Å²) in [6, 6.07) is 6.00. The molecule has 2 aliphatic rings. The molecule has 19 heavy (non-hydrogen) atoms. The number of rotatable bonds is 1. The van der Waals surface area contributed by atoms with Gasteiger partial charge in [-0.15, -0.1) is 0 Å². The molecule has 2 aliphatic heterocycles. The van der Waals surface area contributed by atoms with Crippen molar-refractivity contribution in [2.24, 2.45) is 5.92 Å². The molecular weight excluding hydrogens is 308 g/mol. The van der Waals surface area contributed by atoms with Gasteiger partial charge in [0, 0.05) is 36.7 Å². The Morgan fingerprint density at radius 1 is 1.42 bits per heavy atom. The second kappa shape index (κ2) is 4.63. The first-order chi connectivity index (χ1) is 9.06. The molecule has 0 bridgehead atoms. The molecule has 3 rings (SSSR count). The van der Waals surface area contributed by atoms with Gasteiger partial charge in [-0.1, -0.05) is 15.9 Å². The van der Waals surface area contributed by atoms with E-state index in [0.717, 1.165) is 23.1 Å². The molecule has 0 aliphatic carbocycles. The lowest BCUT2D eigenvalue weighted by atomic mass is 10.1. The van der Waals surface area contributed by atoms with Crippen molar-refractivity contribution in [3.63, 3.8) is 0 Å². The number of nitrogens with zero attached hydrogens (tertiary/aromatic N) is 2. The normalized spacial score (nSPS) is 22.0. The number of anilines is 1. The van der Waals surface area contributed by atoms with Gasteiger partial charge in [0.25, 0.3) is 0 Å². The van der Waals surface area contributed by atoms with Crippen molar-refractivity contribution < 1.29 is 9.59 Å². The average molecular weight is 323 g/mol. The standard InChI is InChI=1S/C14H15BrN2O2/c1-16-8-10(7-13(16)18)14(19)17-5-4-9-6-11(15)2-3-12(9)17/h2-3,6,10H,4-5,7-8H2,1H3. The van der Waals surface area contributed by atoms with E-state index in [4.69, 9.17) is 0 Å². The van der Waals surface area contributed by atoms with Gasteiger partial charge in [0.2, 0.25) is 11.8 Å². The molecule has 1 aromatic carbocycles. The smallest absolute Gasteiger partial charge is 0.232 e. The summed E-state index contributed by atoms with van der Waals surface area (Å²) in [6.07, 6.45) is 1.23. The Kier molecular flexibility index (Phi) is 3.09. The summed E-state index contributed by atoms with van der Waals surface area (Å²) < 4.78 is 1.04. The van der Waals surface area contributed by atoms with Gasteiger partial charge in [0.15, 0.2) is 0 Å². The van der Waals surface area contributed by atoms with Crippen molar-refractivity contribution in [2.75, 3.05) is 25.0 Å². The molecule has 0 radical (unpaired) electrons. The highest BCUT2D eigenvalue weighted by atomic mass is 79.9. The lowest BCUT2D eigenvalue weighted by Gasteiger charge is -2.21. The highest BCUT2D eigenvalue weighted by molar-refractivity contribution is 9.10. The molecule has 1 atom stereocenters. The van der Waals surface area contributed by atoms with Crippen molar-refractivity contribution in [3.8, 4) is 0 Å². The molecule has 0 spiro atoms. The van der Waals surface area contributed by atoms with Gasteiger partial charge in [-0.3, -0.25) is 9.59 Å². The first kappa shape index (κ1) is 12.7. The maximum atomic E-state index is 12.5. The summed E-state index contributed by atoms with van der Waals surface area (Å²) in [4.78, 5) is 27.5. The number of likely N-dealkylation sites (tertiary alicyclic amines) is 1. The Morgan fingerprint density at radius 3 is 2.89 bits per heavy atom. The fourth-order valence-electron chi connectivity index (χ4n) is 2.85. The number of hydrogen-bond donors (Lipinski definition) is 0. The van der Waals surface area contributed by atoms with E-state index in [1.54, 1.807) is 11.9 Å². The molecule has 5 heteroatoms. The van der Waals surface area contributed by atoms with E-state index < -0.39 is 0 Å². The van der Waals surface area contributed by atoms with Gasteiger partial charge in [-0.25, -0.2) is 0 Å². The van der Waals surface area contributed by atoms with E-state index in [9.17, 15) is 9.59 Å². The van der Waals surface area contributed by atoms with Crippen molar-refractivity contribution in [2.45, 2.75) is 12.8 Å². The summed E-state index contributed by atoms with van der Waals surface area (Å²) in [7, 11) is 1.75. The minimum absolute atomic E-state index is 0.0635. The zero-order valence-electron chi connectivity index (χ0n) is 10.7. The minimum atomic E-state index is -0.188. The van der Waals surface area contributed by atoms with Crippen LogP contribution in [0.25, 0.3) is 0 Å². The van der Waals surface area contributed by atoms with Crippen molar-refractivity contribution in [3.05, 3.63) is 28.2 Å². The zero-order valence-corrected chi connectivity index (χ0v) is 12.3. The number of amides is 2. The van der Waals surface area contributed by atoms with Crippen LogP contribution in [0.15, 0.2) is 22.7 Å². The third-order valence-electron chi connectivity index (χ3n) is 3.89. The van der Waals surface area contributed by atoms with Gasteiger partial charge < -0.3 is 9.80 Å². The number of carbonyl (C=O) groups excluding carboxylic acids is 2. The summed E-state index contributed by atoms with van der Waals surface area (Å²) in [5.74, 6) is -0.0422. The Labute approximate surface area is 120 Å².